The Morgan fingerprint density at radius 3 is 2.64 bits per heavy atom. The van der Waals surface area contributed by atoms with E-state index in [1.54, 1.807) is 0 Å². The van der Waals surface area contributed by atoms with Gasteiger partial charge in [0.1, 0.15) is 5.82 Å². The topological polar surface area (TPSA) is 41.1 Å². The molecular weight excluding hydrogens is 296 g/mol. The molecule has 1 saturated heterocycles. The second-order valence-corrected chi connectivity index (χ2v) is 6.38. The van der Waals surface area contributed by atoms with Gasteiger partial charge in [0, 0.05) is 24.8 Å². The van der Waals surface area contributed by atoms with E-state index in [0.717, 1.165) is 42.2 Å². The van der Waals surface area contributed by atoms with Crippen molar-refractivity contribution in [2.24, 2.45) is 5.92 Å². The molecule has 1 N–H and O–H groups in total. The van der Waals surface area contributed by atoms with E-state index in [2.05, 4.69) is 27.1 Å². The number of anilines is 3. The predicted octanol–water partition coefficient (Wildman–Crippen LogP) is 4.42. The third kappa shape index (κ3) is 3.50. The highest BCUT2D eigenvalue weighted by atomic mass is 35.5. The van der Waals surface area contributed by atoms with E-state index in [1.807, 2.05) is 37.3 Å². The summed E-state index contributed by atoms with van der Waals surface area (Å²) < 4.78 is 0. The summed E-state index contributed by atoms with van der Waals surface area (Å²) in [6.45, 7) is 6.35. The quantitative estimate of drug-likeness (QED) is 0.910. The fourth-order valence-electron chi connectivity index (χ4n) is 2.67. The summed E-state index contributed by atoms with van der Waals surface area (Å²) in [5.41, 5.74) is 1.82. The van der Waals surface area contributed by atoms with Gasteiger partial charge in [-0.25, -0.2) is 4.98 Å². The van der Waals surface area contributed by atoms with Crippen LogP contribution in [0.4, 0.5) is 17.5 Å². The second kappa shape index (κ2) is 6.53. The van der Waals surface area contributed by atoms with Crippen LogP contribution in [-0.2, 0) is 0 Å². The van der Waals surface area contributed by atoms with Crippen molar-refractivity contribution in [3.8, 4) is 0 Å². The van der Waals surface area contributed by atoms with Crippen LogP contribution in [-0.4, -0.2) is 23.1 Å². The average Bonchev–Trinajstić information content (AvgIpc) is 2.50. The van der Waals surface area contributed by atoms with Crippen LogP contribution in [0, 0.1) is 12.8 Å². The fraction of sp³-hybridized carbons (Fsp3) is 0.412. The maximum absolute atomic E-state index is 6.20. The first-order valence-electron chi connectivity index (χ1n) is 7.74. The summed E-state index contributed by atoms with van der Waals surface area (Å²) in [6.07, 6.45) is 2.40. The third-order valence-electron chi connectivity index (χ3n) is 4.05. The van der Waals surface area contributed by atoms with Gasteiger partial charge < -0.3 is 10.2 Å². The highest BCUT2D eigenvalue weighted by Gasteiger charge is 2.18. The van der Waals surface area contributed by atoms with E-state index in [9.17, 15) is 0 Å². The maximum Gasteiger partial charge on any atom is 0.227 e. The molecule has 0 atom stereocenters. The van der Waals surface area contributed by atoms with E-state index < -0.39 is 0 Å². The molecule has 0 radical (unpaired) electrons. The largest absolute Gasteiger partial charge is 0.341 e. The van der Waals surface area contributed by atoms with Gasteiger partial charge in [0.15, 0.2) is 0 Å². The minimum atomic E-state index is 0.687. The van der Waals surface area contributed by atoms with Crippen molar-refractivity contribution in [3.05, 3.63) is 41.0 Å². The first-order valence-corrected chi connectivity index (χ1v) is 8.12. The minimum absolute atomic E-state index is 0.687. The molecule has 0 aliphatic carbocycles. The van der Waals surface area contributed by atoms with E-state index in [-0.39, 0.29) is 0 Å². The van der Waals surface area contributed by atoms with Gasteiger partial charge >= 0.3 is 0 Å². The monoisotopic (exact) mass is 316 g/mol. The number of aryl methyl sites for hydroxylation is 1. The summed E-state index contributed by atoms with van der Waals surface area (Å²) in [7, 11) is 0. The molecule has 0 saturated carbocycles. The van der Waals surface area contributed by atoms with Gasteiger partial charge in [0.05, 0.1) is 10.7 Å². The summed E-state index contributed by atoms with van der Waals surface area (Å²) in [6, 6.07) is 9.63. The van der Waals surface area contributed by atoms with Crippen LogP contribution in [0.5, 0.6) is 0 Å². The molecule has 1 fully saturated rings. The molecule has 22 heavy (non-hydrogen) atoms. The summed E-state index contributed by atoms with van der Waals surface area (Å²) in [5, 5.41) is 3.98. The number of piperidine rings is 1. The van der Waals surface area contributed by atoms with Crippen LogP contribution in [0.2, 0.25) is 5.02 Å². The Labute approximate surface area is 136 Å². The van der Waals surface area contributed by atoms with Gasteiger partial charge in [-0.05, 0) is 37.8 Å². The number of hydrogen-bond acceptors (Lipinski definition) is 4. The molecule has 0 unspecified atom stereocenters. The van der Waals surface area contributed by atoms with Crippen LogP contribution in [0.1, 0.15) is 25.5 Å². The van der Waals surface area contributed by atoms with Gasteiger partial charge in [-0.15, -0.1) is 0 Å². The van der Waals surface area contributed by atoms with Crippen molar-refractivity contribution in [2.75, 3.05) is 23.3 Å². The van der Waals surface area contributed by atoms with Crippen LogP contribution < -0.4 is 10.2 Å². The SMILES string of the molecule is Cc1cc(Nc2ccccc2Cl)nc(N2CCC(C)CC2)n1. The molecule has 2 aromatic rings. The van der Waals surface area contributed by atoms with E-state index >= 15 is 0 Å². The molecular formula is C17H21ClN4. The molecule has 116 valence electrons. The lowest BCUT2D eigenvalue weighted by molar-refractivity contribution is 0.434. The highest BCUT2D eigenvalue weighted by molar-refractivity contribution is 6.33. The van der Waals surface area contributed by atoms with Crippen molar-refractivity contribution in [2.45, 2.75) is 26.7 Å². The standard InChI is InChI=1S/C17H21ClN4/c1-12-7-9-22(10-8-12)17-19-13(2)11-16(21-17)20-15-6-4-3-5-14(15)18/h3-6,11-12H,7-10H2,1-2H3,(H,19,20,21). The number of halogens is 1. The molecule has 0 amide bonds. The first kappa shape index (κ1) is 15.1. The number of benzene rings is 1. The zero-order valence-electron chi connectivity index (χ0n) is 13.0. The summed E-state index contributed by atoms with van der Waals surface area (Å²) in [5.74, 6) is 2.39. The number of aromatic nitrogens is 2. The molecule has 1 aliphatic heterocycles. The van der Waals surface area contributed by atoms with Gasteiger partial charge in [0.25, 0.3) is 0 Å². The second-order valence-electron chi connectivity index (χ2n) is 5.97. The Balaban J connectivity index is 1.82. The van der Waals surface area contributed by atoms with Crippen LogP contribution in [0.15, 0.2) is 30.3 Å². The van der Waals surface area contributed by atoms with E-state index in [0.29, 0.717) is 5.02 Å². The van der Waals surface area contributed by atoms with Crippen molar-refractivity contribution < 1.29 is 0 Å². The molecule has 1 aromatic carbocycles. The van der Waals surface area contributed by atoms with Gasteiger partial charge in [-0.3, -0.25) is 0 Å². The highest BCUT2D eigenvalue weighted by Crippen LogP contribution is 2.26. The number of nitrogens with one attached hydrogen (secondary N) is 1. The lowest BCUT2D eigenvalue weighted by Gasteiger charge is -2.30. The number of nitrogens with zero attached hydrogens (tertiary/aromatic N) is 3. The van der Waals surface area contributed by atoms with Crippen LogP contribution in [0.25, 0.3) is 0 Å². The minimum Gasteiger partial charge on any atom is -0.341 e. The molecule has 4 nitrogen and oxygen atoms in total. The van der Waals surface area contributed by atoms with Crippen LogP contribution in [0.3, 0.4) is 0 Å². The van der Waals surface area contributed by atoms with E-state index in [1.165, 1.54) is 12.8 Å². The van der Waals surface area contributed by atoms with Crippen molar-refractivity contribution in [3.63, 3.8) is 0 Å². The Bertz CT molecular complexity index is 651. The molecule has 2 heterocycles. The molecule has 0 bridgehead atoms. The number of rotatable bonds is 3. The maximum atomic E-state index is 6.20. The van der Waals surface area contributed by atoms with E-state index in [4.69, 9.17) is 11.6 Å². The number of hydrogen-bond donors (Lipinski definition) is 1. The van der Waals surface area contributed by atoms with Crippen molar-refractivity contribution in [1.29, 1.82) is 0 Å². The van der Waals surface area contributed by atoms with Crippen molar-refractivity contribution >= 4 is 29.1 Å². The Morgan fingerprint density at radius 1 is 1.18 bits per heavy atom. The van der Waals surface area contributed by atoms with Gasteiger partial charge in [-0.1, -0.05) is 30.7 Å². The lowest BCUT2D eigenvalue weighted by atomic mass is 10.00. The van der Waals surface area contributed by atoms with Gasteiger partial charge in [-0.2, -0.15) is 4.98 Å². The normalized spacial score (nSPS) is 15.9. The fourth-order valence-corrected chi connectivity index (χ4v) is 2.85. The number of para-hydroxylation sites is 1. The average molecular weight is 317 g/mol. The molecule has 3 rings (SSSR count). The first-order chi connectivity index (χ1) is 10.6. The predicted molar refractivity (Wildman–Crippen MR) is 92.1 cm³/mol. The molecule has 1 aromatic heterocycles. The van der Waals surface area contributed by atoms with Crippen LogP contribution >= 0.6 is 11.6 Å². The lowest BCUT2D eigenvalue weighted by Crippen LogP contribution is -2.34. The molecule has 5 heteroatoms. The summed E-state index contributed by atoms with van der Waals surface area (Å²) >= 11 is 6.20. The third-order valence-corrected chi connectivity index (χ3v) is 4.38. The smallest absolute Gasteiger partial charge is 0.227 e. The molecule has 0 spiro atoms. The Hall–Kier alpha value is -1.81. The zero-order valence-corrected chi connectivity index (χ0v) is 13.8. The summed E-state index contributed by atoms with van der Waals surface area (Å²) in [4.78, 5) is 11.5. The van der Waals surface area contributed by atoms with Gasteiger partial charge in [0.2, 0.25) is 5.95 Å². The molecule has 1 aliphatic rings. The zero-order chi connectivity index (χ0) is 15.5. The Morgan fingerprint density at radius 2 is 1.91 bits per heavy atom. The Kier molecular flexibility index (Phi) is 4.48. The van der Waals surface area contributed by atoms with Crippen molar-refractivity contribution in [1.82, 2.24) is 9.97 Å².